The smallest absolute Gasteiger partial charge is 0.0421 e. The number of hydrogen-bond donors (Lipinski definition) is 1. The van der Waals surface area contributed by atoms with Crippen LogP contribution in [0, 0.1) is 11.3 Å². The maximum atomic E-state index is 6.56. The van der Waals surface area contributed by atoms with Crippen molar-refractivity contribution in [3.63, 3.8) is 0 Å². The van der Waals surface area contributed by atoms with Crippen molar-refractivity contribution in [3.05, 3.63) is 30.1 Å². The molecule has 1 aliphatic rings. The fraction of sp³-hybridized carbons (Fsp3) is 0.688. The second kappa shape index (κ2) is 5.00. The lowest BCUT2D eigenvalue weighted by Gasteiger charge is -2.42. The molecule has 0 saturated heterocycles. The number of nitrogens with zero attached hydrogens (tertiary/aromatic N) is 1. The van der Waals surface area contributed by atoms with E-state index in [1.54, 1.807) is 0 Å². The number of nitrogens with two attached hydrogens (primary N) is 1. The molecule has 1 aromatic heterocycles. The van der Waals surface area contributed by atoms with Gasteiger partial charge in [0.25, 0.3) is 0 Å². The Bertz CT molecular complexity index is 370. The standard InChI is InChI=1S/C16H26N2/c1-15(2,3)13-7-9-16(17,10-8-13)12-14-6-4-5-11-18-14/h4-6,11,13H,7-10,12,17H2,1-3H3. The van der Waals surface area contributed by atoms with Gasteiger partial charge in [-0.25, -0.2) is 0 Å². The molecule has 100 valence electrons. The third kappa shape index (κ3) is 3.32. The molecular weight excluding hydrogens is 220 g/mol. The van der Waals surface area contributed by atoms with Crippen molar-refractivity contribution < 1.29 is 0 Å². The van der Waals surface area contributed by atoms with Crippen molar-refractivity contribution in [1.82, 2.24) is 4.98 Å². The van der Waals surface area contributed by atoms with Crippen LogP contribution in [0.3, 0.4) is 0 Å². The Labute approximate surface area is 111 Å². The van der Waals surface area contributed by atoms with Gasteiger partial charge in [0.15, 0.2) is 0 Å². The molecule has 0 atom stereocenters. The third-order valence-electron chi connectivity index (χ3n) is 4.47. The fourth-order valence-corrected chi connectivity index (χ4v) is 3.10. The van der Waals surface area contributed by atoms with Gasteiger partial charge in [-0.05, 0) is 49.1 Å². The van der Waals surface area contributed by atoms with Crippen molar-refractivity contribution in [2.45, 2.75) is 58.4 Å². The van der Waals surface area contributed by atoms with E-state index in [1.807, 2.05) is 18.3 Å². The zero-order valence-corrected chi connectivity index (χ0v) is 11.9. The Kier molecular flexibility index (Phi) is 3.76. The van der Waals surface area contributed by atoms with Crippen molar-refractivity contribution >= 4 is 0 Å². The van der Waals surface area contributed by atoms with E-state index in [9.17, 15) is 0 Å². The summed E-state index contributed by atoms with van der Waals surface area (Å²) in [4.78, 5) is 4.41. The number of pyridine rings is 1. The highest BCUT2D eigenvalue weighted by Crippen LogP contribution is 2.41. The lowest BCUT2D eigenvalue weighted by molar-refractivity contribution is 0.133. The predicted octanol–water partition coefficient (Wildman–Crippen LogP) is 3.56. The summed E-state index contributed by atoms with van der Waals surface area (Å²) in [5.74, 6) is 0.818. The summed E-state index contributed by atoms with van der Waals surface area (Å²) in [6.07, 6.45) is 7.56. The van der Waals surface area contributed by atoms with Gasteiger partial charge in [-0.1, -0.05) is 26.8 Å². The van der Waals surface area contributed by atoms with E-state index in [4.69, 9.17) is 5.73 Å². The first-order valence-corrected chi connectivity index (χ1v) is 7.08. The van der Waals surface area contributed by atoms with Crippen molar-refractivity contribution in [3.8, 4) is 0 Å². The van der Waals surface area contributed by atoms with Crippen LogP contribution in [0.15, 0.2) is 24.4 Å². The minimum absolute atomic E-state index is 0.0316. The Morgan fingerprint density at radius 1 is 1.28 bits per heavy atom. The van der Waals surface area contributed by atoms with Crippen LogP contribution in [0.25, 0.3) is 0 Å². The molecule has 0 aliphatic heterocycles. The van der Waals surface area contributed by atoms with Gasteiger partial charge in [-0.2, -0.15) is 0 Å². The zero-order valence-electron chi connectivity index (χ0n) is 11.9. The van der Waals surface area contributed by atoms with Crippen molar-refractivity contribution in [2.24, 2.45) is 17.1 Å². The van der Waals surface area contributed by atoms with E-state index in [0.717, 1.165) is 30.9 Å². The van der Waals surface area contributed by atoms with Gasteiger partial charge in [0.1, 0.15) is 0 Å². The maximum absolute atomic E-state index is 6.56. The second-order valence-electron chi connectivity index (χ2n) is 7.00. The first-order chi connectivity index (χ1) is 8.39. The van der Waals surface area contributed by atoms with Gasteiger partial charge in [0.2, 0.25) is 0 Å². The third-order valence-corrected chi connectivity index (χ3v) is 4.47. The van der Waals surface area contributed by atoms with Crippen LogP contribution >= 0.6 is 0 Å². The van der Waals surface area contributed by atoms with Crippen LogP contribution < -0.4 is 5.73 Å². The molecule has 0 aromatic carbocycles. The molecule has 2 N–H and O–H groups in total. The summed E-state index contributed by atoms with van der Waals surface area (Å²) in [6, 6.07) is 6.10. The topological polar surface area (TPSA) is 38.9 Å². The van der Waals surface area contributed by atoms with Gasteiger partial charge in [-0.15, -0.1) is 0 Å². The maximum Gasteiger partial charge on any atom is 0.0421 e. The van der Waals surface area contributed by atoms with Gasteiger partial charge in [0, 0.05) is 23.9 Å². The number of hydrogen-bond acceptors (Lipinski definition) is 2. The first-order valence-electron chi connectivity index (χ1n) is 7.08. The summed E-state index contributed by atoms with van der Waals surface area (Å²) in [5, 5.41) is 0. The Balaban J connectivity index is 1.95. The van der Waals surface area contributed by atoms with Crippen LogP contribution in [0.1, 0.15) is 52.1 Å². The summed E-state index contributed by atoms with van der Waals surface area (Å²) < 4.78 is 0. The summed E-state index contributed by atoms with van der Waals surface area (Å²) in [7, 11) is 0. The van der Waals surface area contributed by atoms with Gasteiger partial charge in [-0.3, -0.25) is 4.98 Å². The molecule has 2 nitrogen and oxygen atoms in total. The highest BCUT2D eigenvalue weighted by molar-refractivity contribution is 5.09. The molecule has 1 saturated carbocycles. The Hall–Kier alpha value is -0.890. The van der Waals surface area contributed by atoms with E-state index in [2.05, 4.69) is 31.8 Å². The zero-order chi connectivity index (χ0) is 13.2. The van der Waals surface area contributed by atoms with Crippen molar-refractivity contribution in [2.75, 3.05) is 0 Å². The highest BCUT2D eigenvalue weighted by atomic mass is 14.8. The molecule has 0 spiro atoms. The molecule has 1 aromatic rings. The average molecular weight is 246 g/mol. The van der Waals surface area contributed by atoms with Crippen LogP contribution in [0.5, 0.6) is 0 Å². The highest BCUT2D eigenvalue weighted by Gasteiger charge is 2.36. The minimum atomic E-state index is -0.0316. The molecule has 0 unspecified atom stereocenters. The normalized spacial score (nSPS) is 29.2. The SMILES string of the molecule is CC(C)(C)C1CCC(N)(Cc2ccccn2)CC1. The van der Waals surface area contributed by atoms with E-state index in [-0.39, 0.29) is 5.54 Å². The Morgan fingerprint density at radius 2 is 1.94 bits per heavy atom. The number of rotatable bonds is 2. The van der Waals surface area contributed by atoms with Gasteiger partial charge >= 0.3 is 0 Å². The summed E-state index contributed by atoms with van der Waals surface area (Å²) >= 11 is 0. The molecule has 18 heavy (non-hydrogen) atoms. The molecule has 1 aliphatic carbocycles. The lowest BCUT2D eigenvalue weighted by atomic mass is 9.66. The molecule has 0 radical (unpaired) electrons. The summed E-state index contributed by atoms with van der Waals surface area (Å²) in [6.45, 7) is 7.04. The average Bonchev–Trinajstić information content (AvgIpc) is 2.29. The largest absolute Gasteiger partial charge is 0.325 e. The fourth-order valence-electron chi connectivity index (χ4n) is 3.10. The van der Waals surface area contributed by atoms with E-state index >= 15 is 0 Å². The Morgan fingerprint density at radius 3 is 2.44 bits per heavy atom. The van der Waals surface area contributed by atoms with E-state index in [1.165, 1.54) is 12.8 Å². The van der Waals surface area contributed by atoms with E-state index in [0.29, 0.717) is 5.41 Å². The monoisotopic (exact) mass is 246 g/mol. The number of aromatic nitrogens is 1. The second-order valence-corrected chi connectivity index (χ2v) is 7.00. The quantitative estimate of drug-likeness (QED) is 0.866. The van der Waals surface area contributed by atoms with Crippen LogP contribution in [-0.4, -0.2) is 10.5 Å². The molecule has 2 heteroatoms. The van der Waals surface area contributed by atoms with Crippen molar-refractivity contribution in [1.29, 1.82) is 0 Å². The summed E-state index contributed by atoms with van der Waals surface area (Å²) in [5.41, 5.74) is 8.08. The van der Waals surface area contributed by atoms with Crippen LogP contribution in [0.2, 0.25) is 0 Å². The minimum Gasteiger partial charge on any atom is -0.325 e. The molecular formula is C16H26N2. The molecule has 1 heterocycles. The van der Waals surface area contributed by atoms with Gasteiger partial charge in [0.05, 0.1) is 0 Å². The van der Waals surface area contributed by atoms with Crippen LogP contribution in [0.4, 0.5) is 0 Å². The lowest BCUT2D eigenvalue weighted by Crippen LogP contribution is -2.46. The molecule has 0 amide bonds. The first kappa shape index (κ1) is 13.5. The molecule has 1 fully saturated rings. The van der Waals surface area contributed by atoms with Crippen LogP contribution in [-0.2, 0) is 6.42 Å². The molecule has 0 bridgehead atoms. The van der Waals surface area contributed by atoms with Gasteiger partial charge < -0.3 is 5.73 Å². The predicted molar refractivity (Wildman–Crippen MR) is 76.3 cm³/mol. The van der Waals surface area contributed by atoms with E-state index < -0.39 is 0 Å². The molecule has 2 rings (SSSR count).